The number of rotatable bonds is 3. The number of nitrogens with zero attached hydrogens (tertiary/aromatic N) is 5. The van der Waals surface area contributed by atoms with Crippen molar-refractivity contribution in [1.82, 2.24) is 24.9 Å². The molecule has 2 unspecified atom stereocenters. The first-order valence-electron chi connectivity index (χ1n) is 7.03. The number of carbonyl (C=O) groups excluding carboxylic acids is 1. The maximum Gasteiger partial charge on any atom is 0.232 e. The minimum Gasteiger partial charge on any atom is -0.310 e. The Morgan fingerprint density at radius 2 is 2.29 bits per heavy atom. The molecule has 3 rings (SSSR count). The molecule has 3 heterocycles. The third-order valence-corrected chi connectivity index (χ3v) is 3.80. The normalized spacial score (nSPS) is 22.9. The van der Waals surface area contributed by atoms with Gasteiger partial charge in [-0.2, -0.15) is 0 Å². The van der Waals surface area contributed by atoms with Crippen molar-refractivity contribution >= 4 is 11.7 Å². The lowest BCUT2D eigenvalue weighted by Gasteiger charge is -2.37. The summed E-state index contributed by atoms with van der Waals surface area (Å²) in [7, 11) is 2.01. The lowest BCUT2D eigenvalue weighted by molar-refractivity contribution is -0.125. The number of amides is 1. The van der Waals surface area contributed by atoms with Gasteiger partial charge in [-0.1, -0.05) is 11.3 Å². The first kappa shape index (κ1) is 13.7. The van der Waals surface area contributed by atoms with Gasteiger partial charge in [0.2, 0.25) is 5.91 Å². The zero-order chi connectivity index (χ0) is 14.7. The number of pyridine rings is 1. The molecule has 2 aromatic heterocycles. The second-order valence-corrected chi connectivity index (χ2v) is 5.23. The van der Waals surface area contributed by atoms with Crippen molar-refractivity contribution in [3.05, 3.63) is 36.8 Å². The van der Waals surface area contributed by atoms with Crippen LogP contribution in [-0.2, 0) is 4.79 Å². The standard InChI is InChI=1S/C14H18N6O/c1-19-9-4-5-11(14(19)20-10-8-16-18-20)13(21)17-12-6-2-3-7-15-12/h2-3,6-8,10-11,14H,4-5,9H2,1H3,(H,15,17,21). The third kappa shape index (κ3) is 2.92. The maximum atomic E-state index is 12.6. The van der Waals surface area contributed by atoms with Gasteiger partial charge < -0.3 is 5.32 Å². The van der Waals surface area contributed by atoms with E-state index < -0.39 is 0 Å². The topological polar surface area (TPSA) is 75.9 Å². The number of aromatic nitrogens is 4. The number of anilines is 1. The van der Waals surface area contributed by atoms with Crippen LogP contribution in [0.4, 0.5) is 5.82 Å². The molecule has 1 saturated heterocycles. The van der Waals surface area contributed by atoms with Gasteiger partial charge in [-0.05, 0) is 38.6 Å². The van der Waals surface area contributed by atoms with Crippen LogP contribution in [0, 0.1) is 5.92 Å². The lowest BCUT2D eigenvalue weighted by Crippen LogP contribution is -2.44. The molecule has 1 aliphatic rings. The third-order valence-electron chi connectivity index (χ3n) is 3.80. The predicted molar refractivity (Wildman–Crippen MR) is 77.3 cm³/mol. The van der Waals surface area contributed by atoms with Crippen LogP contribution in [0.2, 0.25) is 0 Å². The molecule has 110 valence electrons. The lowest BCUT2D eigenvalue weighted by atomic mass is 9.93. The minimum atomic E-state index is -0.174. The highest BCUT2D eigenvalue weighted by Gasteiger charge is 2.36. The molecule has 0 aliphatic carbocycles. The molecular formula is C14H18N6O. The molecule has 0 saturated carbocycles. The summed E-state index contributed by atoms with van der Waals surface area (Å²) < 4.78 is 1.75. The molecule has 2 atom stereocenters. The summed E-state index contributed by atoms with van der Waals surface area (Å²) in [6, 6.07) is 5.46. The monoisotopic (exact) mass is 286 g/mol. The van der Waals surface area contributed by atoms with Gasteiger partial charge in [-0.3, -0.25) is 9.69 Å². The van der Waals surface area contributed by atoms with Crippen molar-refractivity contribution in [1.29, 1.82) is 0 Å². The number of hydrogen-bond donors (Lipinski definition) is 1. The largest absolute Gasteiger partial charge is 0.310 e. The summed E-state index contributed by atoms with van der Waals surface area (Å²) in [4.78, 5) is 18.9. The highest BCUT2D eigenvalue weighted by molar-refractivity contribution is 5.92. The molecule has 0 spiro atoms. The van der Waals surface area contributed by atoms with Crippen LogP contribution < -0.4 is 5.32 Å². The van der Waals surface area contributed by atoms with E-state index in [-0.39, 0.29) is 18.0 Å². The number of carbonyl (C=O) groups is 1. The number of likely N-dealkylation sites (tertiary alicyclic amines) is 1. The Balaban J connectivity index is 1.79. The Hall–Kier alpha value is -2.28. The van der Waals surface area contributed by atoms with Crippen molar-refractivity contribution in [3.8, 4) is 0 Å². The average Bonchev–Trinajstić information content (AvgIpc) is 3.02. The Morgan fingerprint density at radius 3 is 3.00 bits per heavy atom. The number of piperidine rings is 1. The van der Waals surface area contributed by atoms with Crippen LogP contribution in [0.1, 0.15) is 19.0 Å². The molecular weight excluding hydrogens is 268 g/mol. The molecule has 1 amide bonds. The van der Waals surface area contributed by atoms with Crippen LogP contribution in [0.5, 0.6) is 0 Å². The molecule has 1 fully saturated rings. The van der Waals surface area contributed by atoms with E-state index in [4.69, 9.17) is 0 Å². The van der Waals surface area contributed by atoms with Gasteiger partial charge in [-0.25, -0.2) is 9.67 Å². The van der Waals surface area contributed by atoms with Crippen molar-refractivity contribution in [2.24, 2.45) is 5.92 Å². The van der Waals surface area contributed by atoms with Crippen LogP contribution in [0.15, 0.2) is 36.8 Å². The van der Waals surface area contributed by atoms with Crippen LogP contribution in [0.3, 0.4) is 0 Å². The molecule has 21 heavy (non-hydrogen) atoms. The van der Waals surface area contributed by atoms with Crippen LogP contribution >= 0.6 is 0 Å². The average molecular weight is 286 g/mol. The Bertz CT molecular complexity index is 585. The molecule has 7 heteroatoms. The Morgan fingerprint density at radius 1 is 1.38 bits per heavy atom. The summed E-state index contributed by atoms with van der Waals surface area (Å²) in [5, 5.41) is 10.8. The van der Waals surface area contributed by atoms with E-state index in [9.17, 15) is 4.79 Å². The molecule has 0 bridgehead atoms. The SMILES string of the molecule is CN1CCCC(C(=O)Nc2ccccn2)C1n1ccnn1. The van der Waals surface area contributed by atoms with Crippen LogP contribution in [0.25, 0.3) is 0 Å². The number of hydrogen-bond acceptors (Lipinski definition) is 5. The summed E-state index contributed by atoms with van der Waals surface area (Å²) >= 11 is 0. The van der Waals surface area contributed by atoms with E-state index in [0.29, 0.717) is 5.82 Å². The van der Waals surface area contributed by atoms with E-state index in [1.165, 1.54) is 0 Å². The predicted octanol–water partition coefficient (Wildman–Crippen LogP) is 1.15. The van der Waals surface area contributed by atoms with E-state index in [1.54, 1.807) is 29.3 Å². The summed E-state index contributed by atoms with van der Waals surface area (Å²) in [6.45, 7) is 0.942. The van der Waals surface area contributed by atoms with Gasteiger partial charge in [0.1, 0.15) is 12.0 Å². The summed E-state index contributed by atoms with van der Waals surface area (Å²) in [5.74, 6) is 0.376. The van der Waals surface area contributed by atoms with Gasteiger partial charge in [0.25, 0.3) is 0 Å². The zero-order valence-corrected chi connectivity index (χ0v) is 11.9. The van der Waals surface area contributed by atoms with E-state index in [1.807, 2.05) is 19.2 Å². The summed E-state index contributed by atoms with van der Waals surface area (Å²) in [5.41, 5.74) is 0. The maximum absolute atomic E-state index is 12.6. The van der Waals surface area contributed by atoms with Gasteiger partial charge >= 0.3 is 0 Å². The fourth-order valence-corrected chi connectivity index (χ4v) is 2.82. The smallest absolute Gasteiger partial charge is 0.232 e. The molecule has 1 aliphatic heterocycles. The summed E-state index contributed by atoms with van der Waals surface area (Å²) in [6.07, 6.45) is 6.81. The van der Waals surface area contributed by atoms with Gasteiger partial charge in [0, 0.05) is 12.4 Å². The van der Waals surface area contributed by atoms with Gasteiger partial charge in [0.05, 0.1) is 12.1 Å². The van der Waals surface area contributed by atoms with Crippen LogP contribution in [-0.4, -0.2) is 44.4 Å². The second-order valence-electron chi connectivity index (χ2n) is 5.23. The van der Waals surface area contributed by atoms with Gasteiger partial charge in [-0.15, -0.1) is 5.10 Å². The highest BCUT2D eigenvalue weighted by Crippen LogP contribution is 2.30. The fourth-order valence-electron chi connectivity index (χ4n) is 2.82. The van der Waals surface area contributed by atoms with E-state index in [0.717, 1.165) is 19.4 Å². The first-order valence-corrected chi connectivity index (χ1v) is 7.03. The highest BCUT2D eigenvalue weighted by atomic mass is 16.2. The second kappa shape index (κ2) is 6.01. The molecule has 7 nitrogen and oxygen atoms in total. The fraction of sp³-hybridized carbons (Fsp3) is 0.429. The minimum absolute atomic E-state index is 0.0271. The Labute approximate surface area is 123 Å². The molecule has 2 aromatic rings. The van der Waals surface area contributed by atoms with E-state index >= 15 is 0 Å². The molecule has 1 N–H and O–H groups in total. The quantitative estimate of drug-likeness (QED) is 0.916. The Kier molecular flexibility index (Phi) is 3.92. The molecule has 0 radical (unpaired) electrons. The van der Waals surface area contributed by atoms with E-state index in [2.05, 4.69) is 25.5 Å². The first-order chi connectivity index (χ1) is 10.3. The zero-order valence-electron chi connectivity index (χ0n) is 11.9. The van der Waals surface area contributed by atoms with Crippen molar-refractivity contribution in [2.45, 2.75) is 19.0 Å². The number of nitrogens with one attached hydrogen (secondary N) is 1. The molecule has 0 aromatic carbocycles. The van der Waals surface area contributed by atoms with Crippen molar-refractivity contribution < 1.29 is 4.79 Å². The van der Waals surface area contributed by atoms with Crippen molar-refractivity contribution in [2.75, 3.05) is 18.9 Å². The van der Waals surface area contributed by atoms with Gasteiger partial charge in [0.15, 0.2) is 0 Å². The van der Waals surface area contributed by atoms with Crippen molar-refractivity contribution in [3.63, 3.8) is 0 Å².